The summed E-state index contributed by atoms with van der Waals surface area (Å²) >= 11 is 0. The van der Waals surface area contributed by atoms with E-state index in [2.05, 4.69) is 10.3 Å². The van der Waals surface area contributed by atoms with E-state index in [-0.39, 0.29) is 18.3 Å². The van der Waals surface area contributed by atoms with Crippen LogP contribution < -0.4 is 5.32 Å². The van der Waals surface area contributed by atoms with Crippen molar-refractivity contribution in [1.29, 1.82) is 0 Å². The first-order chi connectivity index (χ1) is 6.09. The fraction of sp³-hybridized carbons (Fsp3) is 0.429. The Kier molecular flexibility index (Phi) is 1.45. The molecule has 1 saturated heterocycles. The Hall–Kier alpha value is -1.72. The molecule has 0 aromatic heterocycles. The van der Waals surface area contributed by atoms with Gasteiger partial charge < -0.3 is 0 Å². The molecule has 1 N–H and O–H groups in total. The highest BCUT2D eigenvalue weighted by atomic mass is 16.2. The molecule has 0 spiro atoms. The Bertz CT molecular complexity index is 347. The smallest absolute Gasteiger partial charge is 0.271 e. The third kappa shape index (κ3) is 1.02. The van der Waals surface area contributed by atoms with E-state index in [1.54, 1.807) is 6.92 Å². The van der Waals surface area contributed by atoms with E-state index in [4.69, 9.17) is 0 Å². The van der Waals surface area contributed by atoms with Crippen LogP contribution in [0, 0.1) is 0 Å². The molecule has 1 fully saturated rings. The highest BCUT2D eigenvalue weighted by molar-refractivity contribution is 6.21. The van der Waals surface area contributed by atoms with Crippen molar-refractivity contribution in [1.82, 2.24) is 10.2 Å². The fourth-order valence-corrected chi connectivity index (χ4v) is 1.36. The number of rotatable bonds is 0. The van der Waals surface area contributed by atoms with Gasteiger partial charge in [-0.25, -0.2) is 0 Å². The van der Waals surface area contributed by atoms with Crippen LogP contribution in [-0.2, 0) is 14.4 Å². The van der Waals surface area contributed by atoms with Crippen molar-refractivity contribution in [3.05, 3.63) is 0 Å². The first kappa shape index (κ1) is 7.90. The normalized spacial score (nSPS) is 27.2. The summed E-state index contributed by atoms with van der Waals surface area (Å²) in [7, 11) is 0. The van der Waals surface area contributed by atoms with Gasteiger partial charge in [0.15, 0.2) is 0 Å². The Morgan fingerprint density at radius 2 is 2.15 bits per heavy atom. The number of fused-ring (bicyclic) bond motifs is 1. The van der Waals surface area contributed by atoms with E-state index in [1.807, 2.05) is 0 Å². The van der Waals surface area contributed by atoms with Crippen molar-refractivity contribution >= 4 is 23.7 Å². The van der Waals surface area contributed by atoms with E-state index in [0.717, 1.165) is 0 Å². The quantitative estimate of drug-likeness (QED) is 0.468. The van der Waals surface area contributed by atoms with Crippen LogP contribution >= 0.6 is 0 Å². The number of hydrogen-bond acceptors (Lipinski definition) is 3. The molecule has 2 heterocycles. The summed E-state index contributed by atoms with van der Waals surface area (Å²) in [5, 5.41) is 2.36. The Balaban J connectivity index is 2.36. The number of hydrogen-bond donors (Lipinski definition) is 1. The summed E-state index contributed by atoms with van der Waals surface area (Å²) in [4.78, 5) is 38.0. The highest BCUT2D eigenvalue weighted by Crippen LogP contribution is 2.15. The minimum absolute atomic E-state index is 0.0683. The van der Waals surface area contributed by atoms with E-state index >= 15 is 0 Å². The van der Waals surface area contributed by atoms with Gasteiger partial charge in [-0.05, 0) is 6.92 Å². The third-order valence-electron chi connectivity index (χ3n) is 2.02. The van der Waals surface area contributed by atoms with E-state index in [9.17, 15) is 14.4 Å². The van der Waals surface area contributed by atoms with Gasteiger partial charge in [-0.3, -0.25) is 24.6 Å². The minimum Gasteiger partial charge on any atom is -0.295 e. The van der Waals surface area contributed by atoms with Crippen molar-refractivity contribution < 1.29 is 14.4 Å². The summed E-state index contributed by atoms with van der Waals surface area (Å²) in [6, 6.07) is -0.580. The van der Waals surface area contributed by atoms with Crippen LogP contribution in [0.15, 0.2) is 4.99 Å². The van der Waals surface area contributed by atoms with Gasteiger partial charge in [-0.2, -0.15) is 4.99 Å². The molecule has 13 heavy (non-hydrogen) atoms. The standard InChI is InChI=1S/C7H7N3O3/c1-3-6(13)9-7-8-4(11)2-5(12)10(3)7/h3H,2H2,1H3,(H,8,9,11,13). The number of carbonyl (C=O) groups excluding carboxylic acids is 3. The zero-order valence-electron chi connectivity index (χ0n) is 6.90. The largest absolute Gasteiger partial charge is 0.295 e. The average molecular weight is 181 g/mol. The monoisotopic (exact) mass is 181 g/mol. The Morgan fingerprint density at radius 3 is 2.85 bits per heavy atom. The molecule has 0 bridgehead atoms. The summed E-state index contributed by atoms with van der Waals surface area (Å²) in [6.07, 6.45) is -0.212. The van der Waals surface area contributed by atoms with E-state index < -0.39 is 17.9 Å². The van der Waals surface area contributed by atoms with Gasteiger partial charge in [-0.15, -0.1) is 0 Å². The van der Waals surface area contributed by atoms with Gasteiger partial charge >= 0.3 is 0 Å². The van der Waals surface area contributed by atoms with Gasteiger partial charge in [0.2, 0.25) is 17.8 Å². The lowest BCUT2D eigenvalue weighted by Gasteiger charge is -2.25. The Labute approximate surface area is 73.6 Å². The average Bonchev–Trinajstić information content (AvgIpc) is 2.27. The number of amides is 3. The van der Waals surface area contributed by atoms with Gasteiger partial charge in [-0.1, -0.05) is 0 Å². The van der Waals surface area contributed by atoms with E-state index in [0.29, 0.717) is 0 Å². The second-order valence-electron chi connectivity index (χ2n) is 2.94. The van der Waals surface area contributed by atoms with Crippen molar-refractivity contribution in [2.24, 2.45) is 4.99 Å². The maximum absolute atomic E-state index is 11.3. The fourth-order valence-electron chi connectivity index (χ4n) is 1.36. The zero-order valence-corrected chi connectivity index (χ0v) is 6.90. The summed E-state index contributed by atoms with van der Waals surface area (Å²) < 4.78 is 0. The molecule has 2 aliphatic heterocycles. The lowest BCUT2D eigenvalue weighted by Crippen LogP contribution is -2.54. The van der Waals surface area contributed by atoms with Crippen LogP contribution in [0.1, 0.15) is 13.3 Å². The molecule has 1 atom stereocenters. The molecule has 0 aliphatic carbocycles. The maximum Gasteiger partial charge on any atom is 0.271 e. The van der Waals surface area contributed by atoms with Crippen LogP contribution in [0.5, 0.6) is 0 Å². The van der Waals surface area contributed by atoms with Crippen LogP contribution in [0.4, 0.5) is 0 Å². The molecular formula is C7H7N3O3. The van der Waals surface area contributed by atoms with Crippen LogP contribution in [0.3, 0.4) is 0 Å². The molecule has 0 aromatic carbocycles. The Morgan fingerprint density at radius 1 is 1.46 bits per heavy atom. The number of nitrogens with zero attached hydrogens (tertiary/aromatic N) is 2. The van der Waals surface area contributed by atoms with Crippen molar-refractivity contribution in [2.45, 2.75) is 19.4 Å². The maximum atomic E-state index is 11.3. The van der Waals surface area contributed by atoms with Crippen LogP contribution in [0.25, 0.3) is 0 Å². The van der Waals surface area contributed by atoms with Crippen LogP contribution in [0.2, 0.25) is 0 Å². The summed E-state index contributed by atoms with van der Waals surface area (Å²) in [6.45, 7) is 1.58. The highest BCUT2D eigenvalue weighted by Gasteiger charge is 2.40. The zero-order chi connectivity index (χ0) is 9.59. The summed E-state index contributed by atoms with van der Waals surface area (Å²) in [5.41, 5.74) is 0. The molecule has 68 valence electrons. The first-order valence-electron chi connectivity index (χ1n) is 3.84. The van der Waals surface area contributed by atoms with Crippen molar-refractivity contribution in [2.75, 3.05) is 0 Å². The van der Waals surface area contributed by atoms with Gasteiger partial charge in [0.1, 0.15) is 12.5 Å². The van der Waals surface area contributed by atoms with Gasteiger partial charge in [0.25, 0.3) is 5.91 Å². The number of aliphatic imine (C=N–C) groups is 1. The second kappa shape index (κ2) is 2.38. The lowest BCUT2D eigenvalue weighted by molar-refractivity contribution is -0.138. The lowest BCUT2D eigenvalue weighted by atomic mass is 10.2. The molecule has 0 saturated carbocycles. The molecule has 3 amide bonds. The molecule has 1 unspecified atom stereocenters. The van der Waals surface area contributed by atoms with Crippen molar-refractivity contribution in [3.63, 3.8) is 0 Å². The van der Waals surface area contributed by atoms with Crippen molar-refractivity contribution in [3.8, 4) is 0 Å². The second-order valence-corrected chi connectivity index (χ2v) is 2.94. The number of guanidine groups is 1. The first-order valence-corrected chi connectivity index (χ1v) is 3.84. The summed E-state index contributed by atoms with van der Waals surface area (Å²) in [5.74, 6) is -1.12. The minimum atomic E-state index is -0.580. The van der Waals surface area contributed by atoms with Gasteiger partial charge in [0, 0.05) is 0 Å². The molecule has 2 aliphatic rings. The molecule has 0 aromatic rings. The molecular weight excluding hydrogens is 174 g/mol. The van der Waals surface area contributed by atoms with Gasteiger partial charge in [0.05, 0.1) is 0 Å². The third-order valence-corrected chi connectivity index (χ3v) is 2.02. The molecule has 6 nitrogen and oxygen atoms in total. The predicted molar refractivity (Wildman–Crippen MR) is 41.5 cm³/mol. The topological polar surface area (TPSA) is 78.8 Å². The molecule has 2 rings (SSSR count). The number of carbonyl (C=O) groups is 3. The van der Waals surface area contributed by atoms with E-state index in [1.165, 1.54) is 4.90 Å². The number of nitrogens with one attached hydrogen (secondary N) is 1. The predicted octanol–water partition coefficient (Wildman–Crippen LogP) is -1.38. The van der Waals surface area contributed by atoms with Crippen LogP contribution in [-0.4, -0.2) is 34.6 Å². The molecule has 0 radical (unpaired) electrons. The molecule has 6 heteroatoms. The SMILES string of the molecule is CC1C(=O)N=C2NC(=O)CC(=O)N21.